The second-order valence-corrected chi connectivity index (χ2v) is 5.14. The molecule has 6 heteroatoms. The molecule has 2 aromatic rings. The lowest BCUT2D eigenvalue weighted by Gasteiger charge is -2.28. The number of nitrogens with two attached hydrogens (primary N) is 1. The van der Waals surface area contributed by atoms with Crippen molar-refractivity contribution in [3.05, 3.63) is 52.6 Å². The highest BCUT2D eigenvalue weighted by Crippen LogP contribution is 2.19. The van der Waals surface area contributed by atoms with Gasteiger partial charge >= 0.3 is 0 Å². The Morgan fingerprint density at radius 3 is 3.00 bits per heavy atom. The number of hydrogen-bond donors (Lipinski definition) is 1. The Morgan fingerprint density at radius 1 is 1.43 bits per heavy atom. The first-order chi connectivity index (χ1) is 10.0. The third-order valence-corrected chi connectivity index (χ3v) is 3.67. The van der Waals surface area contributed by atoms with Crippen molar-refractivity contribution in [2.75, 3.05) is 12.3 Å². The van der Waals surface area contributed by atoms with Crippen LogP contribution < -0.4 is 5.73 Å². The van der Waals surface area contributed by atoms with Gasteiger partial charge in [0.2, 0.25) is 5.95 Å². The Morgan fingerprint density at radius 2 is 2.24 bits per heavy atom. The third kappa shape index (κ3) is 2.56. The van der Waals surface area contributed by atoms with Crippen molar-refractivity contribution < 1.29 is 9.18 Å². The molecule has 0 aliphatic carbocycles. The zero-order valence-electron chi connectivity index (χ0n) is 11.6. The number of carbonyl (C=O) groups excluding carboxylic acids is 1. The summed E-state index contributed by atoms with van der Waals surface area (Å²) in [7, 11) is 0. The smallest absolute Gasteiger partial charge is 0.254 e. The van der Waals surface area contributed by atoms with Gasteiger partial charge in [0.05, 0.1) is 12.2 Å². The summed E-state index contributed by atoms with van der Waals surface area (Å²) in [6, 6.07) is 4.53. The molecular weight excluding hydrogens is 271 g/mol. The van der Waals surface area contributed by atoms with Gasteiger partial charge < -0.3 is 10.6 Å². The first-order valence-corrected chi connectivity index (χ1v) is 6.70. The Bertz CT molecular complexity index is 717. The van der Waals surface area contributed by atoms with E-state index in [-0.39, 0.29) is 17.7 Å². The number of benzene rings is 1. The summed E-state index contributed by atoms with van der Waals surface area (Å²) in [6.07, 6.45) is 2.38. The van der Waals surface area contributed by atoms with Crippen LogP contribution in [0.4, 0.5) is 10.3 Å². The van der Waals surface area contributed by atoms with Crippen LogP contribution in [0.1, 0.15) is 27.2 Å². The summed E-state index contributed by atoms with van der Waals surface area (Å²) in [5, 5.41) is 0. The number of nitrogens with zero attached hydrogens (tertiary/aromatic N) is 3. The normalized spacial score (nSPS) is 13.9. The molecule has 0 saturated carbocycles. The van der Waals surface area contributed by atoms with Crippen LogP contribution in [0.2, 0.25) is 0 Å². The monoisotopic (exact) mass is 286 g/mol. The van der Waals surface area contributed by atoms with E-state index in [1.807, 2.05) is 0 Å². The molecule has 0 unspecified atom stereocenters. The van der Waals surface area contributed by atoms with Crippen LogP contribution in [-0.4, -0.2) is 27.3 Å². The van der Waals surface area contributed by atoms with E-state index in [0.717, 1.165) is 11.3 Å². The number of halogens is 1. The fourth-order valence-electron chi connectivity index (χ4n) is 2.40. The number of carbonyl (C=O) groups is 1. The van der Waals surface area contributed by atoms with Gasteiger partial charge in [-0.15, -0.1) is 0 Å². The van der Waals surface area contributed by atoms with Crippen molar-refractivity contribution in [2.45, 2.75) is 19.9 Å². The predicted octanol–water partition coefficient (Wildman–Crippen LogP) is 1.70. The fourth-order valence-corrected chi connectivity index (χ4v) is 2.40. The summed E-state index contributed by atoms with van der Waals surface area (Å²) in [5.74, 6) is -0.369. The molecule has 1 aromatic carbocycles. The van der Waals surface area contributed by atoms with Gasteiger partial charge in [-0.1, -0.05) is 6.07 Å². The fraction of sp³-hybridized carbons (Fsp3) is 0.267. The van der Waals surface area contributed by atoms with Crippen molar-refractivity contribution in [3.8, 4) is 0 Å². The van der Waals surface area contributed by atoms with Gasteiger partial charge in [0, 0.05) is 18.3 Å². The average molecular weight is 286 g/mol. The highest BCUT2D eigenvalue weighted by molar-refractivity contribution is 5.94. The van der Waals surface area contributed by atoms with E-state index in [9.17, 15) is 9.18 Å². The number of anilines is 1. The number of nitrogen functional groups attached to an aromatic ring is 1. The average Bonchev–Trinajstić information content (AvgIpc) is 2.48. The molecule has 5 nitrogen and oxygen atoms in total. The molecule has 108 valence electrons. The van der Waals surface area contributed by atoms with Gasteiger partial charge in [-0.05, 0) is 36.6 Å². The molecule has 21 heavy (non-hydrogen) atoms. The van der Waals surface area contributed by atoms with Crippen molar-refractivity contribution >= 4 is 11.9 Å². The maximum absolute atomic E-state index is 13.6. The molecule has 0 spiro atoms. The van der Waals surface area contributed by atoms with E-state index in [1.54, 1.807) is 30.2 Å². The van der Waals surface area contributed by atoms with Crippen LogP contribution >= 0.6 is 0 Å². The first-order valence-electron chi connectivity index (χ1n) is 6.70. The van der Waals surface area contributed by atoms with Crippen LogP contribution in [0.3, 0.4) is 0 Å². The van der Waals surface area contributed by atoms with Crippen LogP contribution in [0.25, 0.3) is 0 Å². The standard InChI is InChI=1S/C15H15FN4O/c1-9-2-3-10(6-12(9)16)14(21)20-5-4-11-7-18-15(17)19-13(11)8-20/h2-3,6-7H,4-5,8H2,1H3,(H2,17,18,19). The number of fused-ring (bicyclic) bond motifs is 1. The van der Waals surface area contributed by atoms with Crippen molar-refractivity contribution in [1.29, 1.82) is 0 Å². The second kappa shape index (κ2) is 5.12. The van der Waals surface area contributed by atoms with Crippen molar-refractivity contribution in [2.24, 2.45) is 0 Å². The molecule has 2 heterocycles. The summed E-state index contributed by atoms with van der Waals surface area (Å²) >= 11 is 0. The van der Waals surface area contributed by atoms with E-state index in [4.69, 9.17) is 5.73 Å². The predicted molar refractivity (Wildman–Crippen MR) is 76.0 cm³/mol. The summed E-state index contributed by atoms with van der Waals surface area (Å²) in [4.78, 5) is 22.2. The molecule has 2 N–H and O–H groups in total. The maximum atomic E-state index is 13.6. The van der Waals surface area contributed by atoms with Gasteiger partial charge in [0.25, 0.3) is 5.91 Å². The summed E-state index contributed by atoms with van der Waals surface area (Å²) < 4.78 is 13.6. The minimum Gasteiger partial charge on any atom is -0.368 e. The molecular formula is C15H15FN4O. The van der Waals surface area contributed by atoms with Crippen LogP contribution in [0, 0.1) is 12.7 Å². The van der Waals surface area contributed by atoms with Crippen LogP contribution in [-0.2, 0) is 13.0 Å². The third-order valence-electron chi connectivity index (χ3n) is 3.67. The Hall–Kier alpha value is -2.50. The molecule has 1 aromatic heterocycles. The van der Waals surface area contributed by atoms with E-state index in [1.165, 1.54) is 6.07 Å². The molecule has 3 rings (SSSR count). The lowest BCUT2D eigenvalue weighted by atomic mass is 10.0. The van der Waals surface area contributed by atoms with Crippen molar-refractivity contribution in [3.63, 3.8) is 0 Å². The van der Waals surface area contributed by atoms with E-state index >= 15 is 0 Å². The van der Waals surface area contributed by atoms with Gasteiger partial charge in [0.1, 0.15) is 5.82 Å². The lowest BCUT2D eigenvalue weighted by molar-refractivity contribution is 0.0731. The molecule has 1 aliphatic heterocycles. The lowest BCUT2D eigenvalue weighted by Crippen LogP contribution is -2.36. The number of amides is 1. The van der Waals surface area contributed by atoms with E-state index in [0.29, 0.717) is 30.6 Å². The maximum Gasteiger partial charge on any atom is 0.254 e. The minimum atomic E-state index is -0.371. The van der Waals surface area contributed by atoms with E-state index in [2.05, 4.69) is 9.97 Å². The van der Waals surface area contributed by atoms with Gasteiger partial charge in [-0.2, -0.15) is 0 Å². The largest absolute Gasteiger partial charge is 0.368 e. The Labute approximate surface area is 121 Å². The van der Waals surface area contributed by atoms with Crippen LogP contribution in [0.5, 0.6) is 0 Å². The number of aromatic nitrogens is 2. The molecule has 0 radical (unpaired) electrons. The van der Waals surface area contributed by atoms with E-state index < -0.39 is 0 Å². The molecule has 0 saturated heterocycles. The number of hydrogen-bond acceptors (Lipinski definition) is 4. The molecule has 0 fully saturated rings. The Balaban J connectivity index is 1.85. The van der Waals surface area contributed by atoms with Gasteiger partial charge in [0.15, 0.2) is 0 Å². The summed E-state index contributed by atoms with van der Waals surface area (Å²) in [5.41, 5.74) is 8.21. The van der Waals surface area contributed by atoms with Gasteiger partial charge in [-0.25, -0.2) is 14.4 Å². The zero-order valence-corrected chi connectivity index (χ0v) is 11.6. The minimum absolute atomic E-state index is 0.197. The van der Waals surface area contributed by atoms with Crippen molar-refractivity contribution in [1.82, 2.24) is 14.9 Å². The van der Waals surface area contributed by atoms with Crippen LogP contribution in [0.15, 0.2) is 24.4 Å². The summed E-state index contributed by atoms with van der Waals surface area (Å²) in [6.45, 7) is 2.60. The number of aryl methyl sites for hydroxylation is 1. The topological polar surface area (TPSA) is 72.1 Å². The number of rotatable bonds is 1. The Kier molecular flexibility index (Phi) is 3.29. The SMILES string of the molecule is Cc1ccc(C(=O)N2CCc3cnc(N)nc3C2)cc1F. The molecule has 0 atom stereocenters. The quantitative estimate of drug-likeness (QED) is 0.866. The van der Waals surface area contributed by atoms with Gasteiger partial charge in [-0.3, -0.25) is 4.79 Å². The highest BCUT2D eigenvalue weighted by Gasteiger charge is 2.23. The zero-order chi connectivity index (χ0) is 15.0. The first kappa shape index (κ1) is 13.5. The molecule has 1 amide bonds. The molecule has 0 bridgehead atoms. The second-order valence-electron chi connectivity index (χ2n) is 5.14. The highest BCUT2D eigenvalue weighted by atomic mass is 19.1. The molecule has 1 aliphatic rings.